The lowest BCUT2D eigenvalue weighted by molar-refractivity contribution is 0.442. The van der Waals surface area contributed by atoms with Crippen LogP contribution >= 0.6 is 0 Å². The highest BCUT2D eigenvalue weighted by atomic mass is 19.2. The van der Waals surface area contributed by atoms with Crippen LogP contribution in [0.25, 0.3) is 21.7 Å². The number of rotatable bonds is 3. The van der Waals surface area contributed by atoms with E-state index in [-0.39, 0.29) is 0 Å². The monoisotopic (exact) mass is 650 g/mol. The minimum Gasteiger partial charge on any atom is -0.237 e. The lowest BCUT2D eigenvalue weighted by Crippen LogP contribution is -2.06. The highest BCUT2D eigenvalue weighted by molar-refractivity contribution is 6.11. The highest BCUT2D eigenvalue weighted by Crippen LogP contribution is 2.57. The summed E-state index contributed by atoms with van der Waals surface area (Å²) < 4.78 is 177. The maximum Gasteiger partial charge on any atom is 0.208 e. The topological polar surface area (TPSA) is 75.7 Å². The van der Waals surface area contributed by atoms with Gasteiger partial charge in [0.05, 0.1) is 34.4 Å². The van der Waals surface area contributed by atoms with Crippen molar-refractivity contribution in [3.8, 4) is 18.2 Å². The Bertz CT molecular complexity index is 2040. The Kier molecular flexibility index (Phi) is 8.22. The molecule has 0 N–H and O–H groups in total. The fourth-order valence-corrected chi connectivity index (χ4v) is 4.49. The van der Waals surface area contributed by atoms with Gasteiger partial charge in [-0.05, 0) is 30.6 Å². The second-order valence-electron chi connectivity index (χ2n) is 9.19. The summed E-state index contributed by atoms with van der Waals surface area (Å²) in [5.41, 5.74) is -18.8. The van der Waals surface area contributed by atoms with Crippen LogP contribution in [0.2, 0.25) is 0 Å². The number of hydrogen-bond donors (Lipinski definition) is 0. The van der Waals surface area contributed by atoms with Gasteiger partial charge in [-0.1, -0.05) is 0 Å². The van der Waals surface area contributed by atoms with Gasteiger partial charge < -0.3 is 0 Å². The molecule has 0 amide bonds. The first kappa shape index (κ1) is 32.9. The molecule has 1 saturated carbocycles. The van der Waals surface area contributed by atoms with E-state index in [0.29, 0.717) is 13.8 Å². The van der Waals surface area contributed by atoms with Gasteiger partial charge in [-0.3, -0.25) is 0 Å². The van der Waals surface area contributed by atoms with E-state index in [2.05, 4.69) is 4.85 Å². The molecule has 16 heteroatoms. The maximum absolute atomic E-state index is 15.0. The van der Waals surface area contributed by atoms with Crippen LogP contribution in [0, 0.1) is 124 Å². The van der Waals surface area contributed by atoms with Gasteiger partial charge >= 0.3 is 0 Å². The lowest BCUT2D eigenvalue weighted by atomic mass is 9.99. The SMILES string of the molecule is [C-]#[N+]C(=C1C(=C(C#N)c2c(F)c(F)c(C)c(F)c2F)C1=C(C#N)c1c(F)c(F)c(C)c(F)c1F)c1c(F)c(F)c(C#N)c(F)c1F. The van der Waals surface area contributed by atoms with E-state index in [4.69, 9.17) is 11.8 Å². The molecular weight excluding hydrogens is 644 g/mol. The molecule has 0 unspecified atom stereocenters. The second kappa shape index (κ2) is 11.5. The molecule has 230 valence electrons. The number of nitriles is 3. The van der Waals surface area contributed by atoms with E-state index in [1.807, 2.05) is 0 Å². The summed E-state index contributed by atoms with van der Waals surface area (Å²) in [6.45, 7) is 8.57. The van der Waals surface area contributed by atoms with Gasteiger partial charge in [0.25, 0.3) is 0 Å². The van der Waals surface area contributed by atoms with Crippen LogP contribution in [0.5, 0.6) is 0 Å². The van der Waals surface area contributed by atoms with Crippen LogP contribution in [-0.2, 0) is 0 Å². The fourth-order valence-electron chi connectivity index (χ4n) is 4.49. The van der Waals surface area contributed by atoms with Gasteiger partial charge in [-0.15, -0.1) is 0 Å². The van der Waals surface area contributed by atoms with Crippen molar-refractivity contribution in [2.75, 3.05) is 0 Å². The average Bonchev–Trinajstić information content (AvgIpc) is 3.76. The van der Waals surface area contributed by atoms with E-state index < -0.39 is 137 Å². The van der Waals surface area contributed by atoms with Crippen LogP contribution in [0.1, 0.15) is 33.4 Å². The molecule has 0 bridgehead atoms. The predicted molar refractivity (Wildman–Crippen MR) is 132 cm³/mol. The summed E-state index contributed by atoms with van der Waals surface area (Å²) in [7, 11) is 0. The van der Waals surface area contributed by atoms with Crippen molar-refractivity contribution in [1.82, 2.24) is 0 Å². The first-order chi connectivity index (χ1) is 21.5. The van der Waals surface area contributed by atoms with Gasteiger partial charge in [0, 0.05) is 11.1 Å². The van der Waals surface area contributed by atoms with Crippen molar-refractivity contribution >= 4 is 16.8 Å². The Labute approximate surface area is 249 Å². The Balaban J connectivity index is 2.36. The number of halogens is 12. The molecule has 4 nitrogen and oxygen atoms in total. The van der Waals surface area contributed by atoms with Crippen LogP contribution in [-0.4, -0.2) is 0 Å². The first-order valence-electron chi connectivity index (χ1n) is 11.9. The third-order valence-electron chi connectivity index (χ3n) is 6.84. The Morgan fingerprint density at radius 1 is 0.478 bits per heavy atom. The maximum atomic E-state index is 15.0. The van der Waals surface area contributed by atoms with Crippen molar-refractivity contribution in [2.24, 2.45) is 0 Å². The van der Waals surface area contributed by atoms with E-state index >= 15 is 8.78 Å². The van der Waals surface area contributed by atoms with Crippen molar-refractivity contribution in [3.63, 3.8) is 0 Å². The van der Waals surface area contributed by atoms with E-state index in [9.17, 15) is 54.4 Å². The number of hydrogen-bond acceptors (Lipinski definition) is 3. The summed E-state index contributed by atoms with van der Waals surface area (Å²) in [5, 5.41) is 28.5. The zero-order chi connectivity index (χ0) is 34.7. The largest absolute Gasteiger partial charge is 0.237 e. The van der Waals surface area contributed by atoms with Crippen LogP contribution < -0.4 is 0 Å². The molecule has 0 heterocycles. The van der Waals surface area contributed by atoms with Crippen molar-refractivity contribution < 1.29 is 52.7 Å². The molecular formula is C30H6F12N4. The highest BCUT2D eigenvalue weighted by Gasteiger charge is 2.45. The zero-order valence-corrected chi connectivity index (χ0v) is 22.3. The Morgan fingerprint density at radius 3 is 1.04 bits per heavy atom. The number of benzene rings is 3. The molecule has 0 radical (unpaired) electrons. The summed E-state index contributed by atoms with van der Waals surface area (Å²) in [6, 6.07) is 2.93. The molecule has 0 saturated heterocycles. The fraction of sp³-hybridized carbons (Fsp3) is 0.0667. The molecule has 1 aliphatic rings. The summed E-state index contributed by atoms with van der Waals surface area (Å²) in [6.07, 6.45) is 0. The van der Waals surface area contributed by atoms with Crippen LogP contribution in [0.4, 0.5) is 52.7 Å². The third-order valence-corrected chi connectivity index (χ3v) is 6.84. The molecule has 0 spiro atoms. The molecule has 0 aromatic heterocycles. The normalized spacial score (nSPS) is 14.3. The van der Waals surface area contributed by atoms with Crippen molar-refractivity contribution in [1.29, 1.82) is 15.8 Å². The van der Waals surface area contributed by atoms with Gasteiger partial charge in [0.1, 0.15) is 23.8 Å². The Morgan fingerprint density at radius 2 is 0.783 bits per heavy atom. The summed E-state index contributed by atoms with van der Waals surface area (Å²) in [4.78, 5) is 2.66. The predicted octanol–water partition coefficient (Wildman–Crippen LogP) is 8.44. The van der Waals surface area contributed by atoms with Crippen LogP contribution in [0.3, 0.4) is 0 Å². The first-order valence-corrected chi connectivity index (χ1v) is 11.9. The van der Waals surface area contributed by atoms with Gasteiger partial charge in [-0.25, -0.2) is 57.5 Å². The van der Waals surface area contributed by atoms with E-state index in [1.165, 1.54) is 0 Å². The molecule has 3 aromatic carbocycles. The van der Waals surface area contributed by atoms with Gasteiger partial charge in [-0.2, -0.15) is 15.8 Å². The molecule has 46 heavy (non-hydrogen) atoms. The molecule has 1 fully saturated rings. The quantitative estimate of drug-likeness (QED) is 0.124. The Hall–Kier alpha value is -6.00. The molecule has 0 atom stereocenters. The molecule has 4 rings (SSSR count). The van der Waals surface area contributed by atoms with Gasteiger partial charge in [0.2, 0.25) is 5.70 Å². The number of allylic oxidation sites excluding steroid dienone is 5. The minimum atomic E-state index is -2.45. The van der Waals surface area contributed by atoms with Crippen molar-refractivity contribution in [2.45, 2.75) is 13.8 Å². The van der Waals surface area contributed by atoms with Crippen LogP contribution in [0.15, 0.2) is 16.7 Å². The summed E-state index contributed by atoms with van der Waals surface area (Å²) >= 11 is 0. The minimum absolute atomic E-state index is 0.573. The van der Waals surface area contributed by atoms with E-state index in [0.717, 1.165) is 18.2 Å². The molecule has 0 aliphatic heterocycles. The average molecular weight is 650 g/mol. The lowest BCUT2D eigenvalue weighted by Gasteiger charge is -2.09. The molecule has 3 aromatic rings. The zero-order valence-electron chi connectivity index (χ0n) is 22.3. The smallest absolute Gasteiger partial charge is 0.208 e. The van der Waals surface area contributed by atoms with E-state index in [1.54, 1.807) is 0 Å². The molecule has 1 aliphatic carbocycles. The summed E-state index contributed by atoms with van der Waals surface area (Å²) in [5.74, 6) is -27.1. The van der Waals surface area contributed by atoms with Gasteiger partial charge in [0.15, 0.2) is 69.8 Å². The number of nitrogens with zero attached hydrogens (tertiary/aromatic N) is 4. The van der Waals surface area contributed by atoms with Crippen molar-refractivity contribution in [3.05, 3.63) is 131 Å². The second-order valence-corrected chi connectivity index (χ2v) is 9.19. The standard InChI is InChI=1S/C30H6F12N4/c1-7-18(31)24(37)14(25(38)19(7)32)9(4-43)12-13(10(5-44)15-26(39)20(33)8(2)21(34)27(15)40)16(12)30(46-3)17-28(41)22(35)11(6-45)23(36)29(17)42/h1-2H3. The third kappa shape index (κ3) is 4.46.